The van der Waals surface area contributed by atoms with Crippen LogP contribution in [-0.2, 0) is 0 Å². The number of hydrogen-bond acceptors (Lipinski definition) is 5. The Hall–Kier alpha value is -2.16. The molecule has 0 aliphatic carbocycles. The minimum Gasteiger partial charge on any atom is -0.395 e. The number of halogens is 2. The second kappa shape index (κ2) is 8.89. The van der Waals surface area contributed by atoms with Crippen LogP contribution < -0.4 is 0 Å². The van der Waals surface area contributed by atoms with E-state index >= 15 is 0 Å². The molecule has 0 spiro atoms. The number of piperidine rings is 1. The van der Waals surface area contributed by atoms with Crippen LogP contribution in [0.25, 0.3) is 5.57 Å². The summed E-state index contributed by atoms with van der Waals surface area (Å²) in [7, 11) is 0. The van der Waals surface area contributed by atoms with E-state index in [2.05, 4.69) is 0 Å². The van der Waals surface area contributed by atoms with Crippen molar-refractivity contribution in [3.05, 3.63) is 77.4 Å². The Kier molecular flexibility index (Phi) is 6.53. The van der Waals surface area contributed by atoms with E-state index in [1.807, 2.05) is 0 Å². The number of aliphatic hydroxyl groups excluding tert-OH is 4. The maximum atomic E-state index is 13.3. The van der Waals surface area contributed by atoms with Gasteiger partial charge in [-0.3, -0.25) is 4.90 Å². The van der Waals surface area contributed by atoms with Crippen LogP contribution in [0.3, 0.4) is 0 Å². The topological polar surface area (TPSA) is 84.2 Å². The Bertz CT molecular complexity index is 763. The zero-order chi connectivity index (χ0) is 20.3. The number of rotatable bonds is 5. The van der Waals surface area contributed by atoms with Gasteiger partial charge in [0.25, 0.3) is 0 Å². The molecule has 0 bridgehead atoms. The molecular weight excluding hydrogens is 368 g/mol. The zero-order valence-electron chi connectivity index (χ0n) is 15.1. The molecule has 2 aromatic carbocycles. The summed E-state index contributed by atoms with van der Waals surface area (Å²) in [6.45, 7) is -0.0720. The molecule has 28 heavy (non-hydrogen) atoms. The van der Waals surface area contributed by atoms with Gasteiger partial charge in [0.1, 0.15) is 23.8 Å². The molecule has 1 aliphatic rings. The molecule has 4 atom stereocenters. The summed E-state index contributed by atoms with van der Waals surface area (Å²) in [5, 5.41) is 39.5. The highest BCUT2D eigenvalue weighted by Crippen LogP contribution is 2.25. The number of benzene rings is 2. The average Bonchev–Trinajstić information content (AvgIpc) is 2.69. The molecular formula is C21H23F2NO4. The Balaban J connectivity index is 1.92. The van der Waals surface area contributed by atoms with Crippen molar-refractivity contribution in [2.75, 3.05) is 19.7 Å². The fourth-order valence-electron chi connectivity index (χ4n) is 3.46. The maximum absolute atomic E-state index is 13.3. The van der Waals surface area contributed by atoms with Gasteiger partial charge >= 0.3 is 0 Å². The Morgan fingerprint density at radius 1 is 0.893 bits per heavy atom. The first-order valence-electron chi connectivity index (χ1n) is 9.02. The molecule has 7 heteroatoms. The van der Waals surface area contributed by atoms with Crippen LogP contribution in [0, 0.1) is 11.6 Å². The third-order valence-electron chi connectivity index (χ3n) is 5.06. The summed E-state index contributed by atoms with van der Waals surface area (Å²) < 4.78 is 26.6. The zero-order valence-corrected chi connectivity index (χ0v) is 15.1. The molecule has 1 fully saturated rings. The fourth-order valence-corrected chi connectivity index (χ4v) is 3.46. The average molecular weight is 391 g/mol. The van der Waals surface area contributed by atoms with Crippen molar-refractivity contribution in [1.29, 1.82) is 0 Å². The molecule has 0 saturated carbocycles. The number of hydrogen-bond donors (Lipinski definition) is 4. The van der Waals surface area contributed by atoms with Crippen molar-refractivity contribution in [2.45, 2.75) is 24.4 Å². The van der Waals surface area contributed by atoms with Crippen LogP contribution in [0.1, 0.15) is 11.1 Å². The first-order chi connectivity index (χ1) is 13.4. The lowest BCUT2D eigenvalue weighted by atomic mass is 9.93. The molecule has 5 nitrogen and oxygen atoms in total. The molecule has 0 amide bonds. The maximum Gasteiger partial charge on any atom is 0.123 e. The van der Waals surface area contributed by atoms with E-state index < -0.39 is 24.4 Å². The number of aliphatic hydroxyl groups is 4. The summed E-state index contributed by atoms with van der Waals surface area (Å²) in [4.78, 5) is 1.66. The number of likely N-dealkylation sites (tertiary alicyclic amines) is 1. The van der Waals surface area contributed by atoms with E-state index in [4.69, 9.17) is 0 Å². The highest BCUT2D eigenvalue weighted by molar-refractivity contribution is 5.79. The Labute approximate surface area is 161 Å². The summed E-state index contributed by atoms with van der Waals surface area (Å²) in [5.41, 5.74) is 2.14. The van der Waals surface area contributed by atoms with Crippen LogP contribution in [0.5, 0.6) is 0 Å². The minimum absolute atomic E-state index is 0.0695. The quantitative estimate of drug-likeness (QED) is 0.615. The number of β-amino-alcohol motifs (C(OH)–C–C–N with tert-alkyl or cyclic N) is 1. The van der Waals surface area contributed by atoms with Gasteiger partial charge in [0.15, 0.2) is 0 Å². The molecule has 0 radical (unpaired) electrons. The van der Waals surface area contributed by atoms with Gasteiger partial charge in [-0.05, 0) is 41.0 Å². The van der Waals surface area contributed by atoms with Gasteiger partial charge in [0, 0.05) is 13.1 Å². The summed E-state index contributed by atoms with van der Waals surface area (Å²) >= 11 is 0. The number of nitrogens with zero attached hydrogens (tertiary/aromatic N) is 1. The summed E-state index contributed by atoms with van der Waals surface area (Å²) in [6.07, 6.45) is -1.96. The van der Waals surface area contributed by atoms with Crippen LogP contribution in [0.15, 0.2) is 54.6 Å². The van der Waals surface area contributed by atoms with E-state index in [-0.39, 0.29) is 31.3 Å². The standard InChI is InChI=1S/C21H23F2NO4/c22-15-5-1-13(2-6-15)17(14-3-7-16(23)8-4-14)9-10-24-11-19(26)21(28)20(27)18(24)12-25/h1-9,18-21,25-28H,10-12H2/t18-,19+,20-,21-/m1/s1. The normalized spacial score (nSPS) is 25.5. The van der Waals surface area contributed by atoms with E-state index in [0.29, 0.717) is 16.7 Å². The second-order valence-corrected chi connectivity index (χ2v) is 6.88. The van der Waals surface area contributed by atoms with Crippen molar-refractivity contribution in [3.63, 3.8) is 0 Å². The summed E-state index contributed by atoms with van der Waals surface area (Å²) in [5.74, 6) is -0.752. The molecule has 150 valence electrons. The first-order valence-corrected chi connectivity index (χ1v) is 9.02. The largest absolute Gasteiger partial charge is 0.395 e. The smallest absolute Gasteiger partial charge is 0.123 e. The van der Waals surface area contributed by atoms with E-state index in [0.717, 1.165) is 0 Å². The highest BCUT2D eigenvalue weighted by Gasteiger charge is 2.40. The van der Waals surface area contributed by atoms with E-state index in [1.54, 1.807) is 35.2 Å². The van der Waals surface area contributed by atoms with Gasteiger partial charge in [0.2, 0.25) is 0 Å². The summed E-state index contributed by atoms with van der Waals surface area (Å²) in [6, 6.07) is 11.0. The van der Waals surface area contributed by atoms with E-state index in [1.165, 1.54) is 24.3 Å². The lowest BCUT2D eigenvalue weighted by Crippen LogP contribution is -2.62. The second-order valence-electron chi connectivity index (χ2n) is 6.88. The van der Waals surface area contributed by atoms with Gasteiger partial charge < -0.3 is 20.4 Å². The molecule has 0 aromatic heterocycles. The molecule has 1 aliphatic heterocycles. The molecule has 1 heterocycles. The highest BCUT2D eigenvalue weighted by atomic mass is 19.1. The molecule has 2 aromatic rings. The van der Waals surface area contributed by atoms with Crippen molar-refractivity contribution in [2.24, 2.45) is 0 Å². The molecule has 4 N–H and O–H groups in total. The third kappa shape index (κ3) is 4.45. The lowest BCUT2D eigenvalue weighted by Gasteiger charge is -2.42. The van der Waals surface area contributed by atoms with Crippen LogP contribution in [-0.4, -0.2) is 69.4 Å². The van der Waals surface area contributed by atoms with Gasteiger partial charge in [-0.15, -0.1) is 0 Å². The third-order valence-corrected chi connectivity index (χ3v) is 5.06. The molecule has 1 saturated heterocycles. The fraction of sp³-hybridized carbons (Fsp3) is 0.333. The monoisotopic (exact) mass is 391 g/mol. The van der Waals surface area contributed by atoms with Crippen molar-refractivity contribution >= 4 is 5.57 Å². The van der Waals surface area contributed by atoms with Crippen molar-refractivity contribution in [3.8, 4) is 0 Å². The predicted octanol–water partition coefficient (Wildman–Crippen LogP) is 1.16. The van der Waals surface area contributed by atoms with Gasteiger partial charge in [-0.25, -0.2) is 8.78 Å². The SMILES string of the molecule is OC[C@@H]1[C@@H](O)[C@H](O)[C@@H](O)CN1CC=C(c1ccc(F)cc1)c1ccc(F)cc1. The van der Waals surface area contributed by atoms with Crippen LogP contribution in [0.2, 0.25) is 0 Å². The molecule has 3 rings (SSSR count). The van der Waals surface area contributed by atoms with Gasteiger partial charge in [0.05, 0.1) is 18.8 Å². The lowest BCUT2D eigenvalue weighted by molar-refractivity contribution is -0.142. The van der Waals surface area contributed by atoms with Crippen molar-refractivity contribution in [1.82, 2.24) is 4.90 Å². The van der Waals surface area contributed by atoms with Crippen LogP contribution in [0.4, 0.5) is 8.78 Å². The van der Waals surface area contributed by atoms with Gasteiger partial charge in [-0.2, -0.15) is 0 Å². The Morgan fingerprint density at radius 3 is 1.86 bits per heavy atom. The van der Waals surface area contributed by atoms with Gasteiger partial charge in [-0.1, -0.05) is 30.3 Å². The predicted molar refractivity (Wildman–Crippen MR) is 100 cm³/mol. The minimum atomic E-state index is -1.33. The first kappa shape index (κ1) is 20.6. The molecule has 0 unspecified atom stereocenters. The van der Waals surface area contributed by atoms with Crippen molar-refractivity contribution < 1.29 is 29.2 Å². The van der Waals surface area contributed by atoms with Crippen LogP contribution >= 0.6 is 0 Å². The van der Waals surface area contributed by atoms with E-state index in [9.17, 15) is 29.2 Å². The Morgan fingerprint density at radius 2 is 1.39 bits per heavy atom.